The predicted octanol–water partition coefficient (Wildman–Crippen LogP) is 0.614. The number of amides is 2. The molecule has 20 heavy (non-hydrogen) atoms. The topological polar surface area (TPSA) is 86.7 Å². The van der Waals surface area contributed by atoms with Crippen LogP contribution in [0.3, 0.4) is 0 Å². The van der Waals surface area contributed by atoms with E-state index in [0.717, 1.165) is 12.8 Å². The van der Waals surface area contributed by atoms with Gasteiger partial charge in [-0.3, -0.25) is 9.59 Å². The summed E-state index contributed by atoms with van der Waals surface area (Å²) in [4.78, 5) is 36.7. The fourth-order valence-electron chi connectivity index (χ4n) is 2.58. The van der Waals surface area contributed by atoms with Crippen LogP contribution in [0, 0.1) is 11.8 Å². The Labute approximate surface area is 118 Å². The first-order valence-electron chi connectivity index (χ1n) is 7.35. The number of carbonyl (C=O) groups excluding carboxylic acids is 2. The van der Waals surface area contributed by atoms with Crippen molar-refractivity contribution in [2.24, 2.45) is 11.8 Å². The third-order valence-corrected chi connectivity index (χ3v) is 4.13. The minimum absolute atomic E-state index is 0.174. The average molecular weight is 282 g/mol. The molecule has 2 fully saturated rings. The standard InChI is InChI=1S/C14H22N2O4/c1-2-11(14(19)20)15-12(17)9-5-7-16(8-6-9)13(18)10-3-4-10/h9-11H,2-8H2,1H3,(H,15,17)(H,19,20). The maximum absolute atomic E-state index is 12.0. The van der Waals surface area contributed by atoms with Crippen LogP contribution in [-0.4, -0.2) is 46.9 Å². The normalized spacial score (nSPS) is 21.4. The third kappa shape index (κ3) is 3.49. The van der Waals surface area contributed by atoms with E-state index in [1.54, 1.807) is 6.92 Å². The number of hydrogen-bond acceptors (Lipinski definition) is 3. The Kier molecular flexibility index (Phi) is 4.62. The van der Waals surface area contributed by atoms with Gasteiger partial charge < -0.3 is 15.3 Å². The first-order valence-corrected chi connectivity index (χ1v) is 7.35. The number of nitrogens with zero attached hydrogens (tertiary/aromatic N) is 1. The summed E-state index contributed by atoms with van der Waals surface area (Å²) in [5.74, 6) is -0.927. The molecule has 1 heterocycles. The lowest BCUT2D eigenvalue weighted by Crippen LogP contribution is -2.47. The lowest BCUT2D eigenvalue weighted by molar-refractivity contribution is -0.143. The summed E-state index contributed by atoms with van der Waals surface area (Å²) in [6.07, 6.45) is 3.62. The Morgan fingerprint density at radius 1 is 1.15 bits per heavy atom. The first-order chi connectivity index (χ1) is 9.52. The highest BCUT2D eigenvalue weighted by Gasteiger charge is 2.36. The van der Waals surface area contributed by atoms with Gasteiger partial charge >= 0.3 is 5.97 Å². The molecular weight excluding hydrogens is 260 g/mol. The fraction of sp³-hybridized carbons (Fsp3) is 0.786. The minimum atomic E-state index is -0.998. The van der Waals surface area contributed by atoms with Crippen molar-refractivity contribution >= 4 is 17.8 Å². The van der Waals surface area contributed by atoms with Gasteiger partial charge in [0.1, 0.15) is 6.04 Å². The van der Waals surface area contributed by atoms with Crippen molar-refractivity contribution in [3.63, 3.8) is 0 Å². The van der Waals surface area contributed by atoms with Gasteiger partial charge in [-0.2, -0.15) is 0 Å². The van der Waals surface area contributed by atoms with Crippen LogP contribution in [0.4, 0.5) is 0 Å². The molecule has 2 N–H and O–H groups in total. The number of piperidine rings is 1. The second kappa shape index (κ2) is 6.24. The molecule has 0 aromatic rings. The SMILES string of the molecule is CCC(NC(=O)C1CCN(C(=O)C2CC2)CC1)C(=O)O. The van der Waals surface area contributed by atoms with Gasteiger partial charge in [0.2, 0.25) is 11.8 Å². The van der Waals surface area contributed by atoms with Gasteiger partial charge in [0, 0.05) is 24.9 Å². The fourth-order valence-corrected chi connectivity index (χ4v) is 2.58. The molecule has 112 valence electrons. The molecule has 2 amide bonds. The Bertz CT molecular complexity index is 398. The molecule has 0 aromatic carbocycles. The van der Waals surface area contributed by atoms with Gasteiger partial charge in [-0.05, 0) is 32.1 Å². The van der Waals surface area contributed by atoms with Gasteiger partial charge in [-0.1, -0.05) is 6.92 Å². The molecule has 0 radical (unpaired) electrons. The van der Waals surface area contributed by atoms with Crippen LogP contribution < -0.4 is 5.32 Å². The quantitative estimate of drug-likeness (QED) is 0.773. The molecule has 6 heteroatoms. The van der Waals surface area contributed by atoms with Crippen LogP contribution in [0.5, 0.6) is 0 Å². The highest BCUT2D eigenvalue weighted by Crippen LogP contribution is 2.32. The number of likely N-dealkylation sites (tertiary alicyclic amines) is 1. The second-order valence-corrected chi connectivity index (χ2v) is 5.68. The molecule has 2 rings (SSSR count). The average Bonchev–Trinajstić information content (AvgIpc) is 3.28. The summed E-state index contributed by atoms with van der Waals surface area (Å²) in [7, 11) is 0. The Hall–Kier alpha value is -1.59. The summed E-state index contributed by atoms with van der Waals surface area (Å²) >= 11 is 0. The van der Waals surface area contributed by atoms with E-state index < -0.39 is 12.0 Å². The van der Waals surface area contributed by atoms with Crippen molar-refractivity contribution in [2.45, 2.75) is 45.1 Å². The highest BCUT2D eigenvalue weighted by molar-refractivity contribution is 5.85. The molecule has 1 aliphatic carbocycles. The third-order valence-electron chi connectivity index (χ3n) is 4.13. The van der Waals surface area contributed by atoms with Gasteiger partial charge in [-0.15, -0.1) is 0 Å². The minimum Gasteiger partial charge on any atom is -0.480 e. The molecule has 2 aliphatic rings. The van der Waals surface area contributed by atoms with Crippen molar-refractivity contribution in [1.82, 2.24) is 10.2 Å². The van der Waals surface area contributed by atoms with E-state index in [1.165, 1.54) is 0 Å². The first kappa shape index (κ1) is 14.8. The maximum atomic E-state index is 12.0. The Morgan fingerprint density at radius 3 is 2.20 bits per heavy atom. The number of carbonyl (C=O) groups is 3. The number of hydrogen-bond donors (Lipinski definition) is 2. The summed E-state index contributed by atoms with van der Waals surface area (Å²) in [5, 5.41) is 11.5. The molecule has 0 bridgehead atoms. The van der Waals surface area contributed by atoms with Crippen molar-refractivity contribution in [3.8, 4) is 0 Å². The van der Waals surface area contributed by atoms with Crippen molar-refractivity contribution in [3.05, 3.63) is 0 Å². The van der Waals surface area contributed by atoms with Crippen LogP contribution in [-0.2, 0) is 14.4 Å². The number of carboxylic acid groups (broad SMARTS) is 1. The zero-order valence-electron chi connectivity index (χ0n) is 11.8. The van der Waals surface area contributed by atoms with Crippen LogP contribution in [0.25, 0.3) is 0 Å². The van der Waals surface area contributed by atoms with Gasteiger partial charge in [0.05, 0.1) is 0 Å². The van der Waals surface area contributed by atoms with Crippen LogP contribution >= 0.6 is 0 Å². The van der Waals surface area contributed by atoms with Crippen LogP contribution in [0.1, 0.15) is 39.0 Å². The smallest absolute Gasteiger partial charge is 0.326 e. The summed E-state index contributed by atoms with van der Waals surface area (Å²) in [5.41, 5.74) is 0. The monoisotopic (exact) mass is 282 g/mol. The van der Waals surface area contributed by atoms with E-state index >= 15 is 0 Å². The van der Waals surface area contributed by atoms with Crippen molar-refractivity contribution in [1.29, 1.82) is 0 Å². The highest BCUT2D eigenvalue weighted by atomic mass is 16.4. The van der Waals surface area contributed by atoms with Crippen molar-refractivity contribution in [2.75, 3.05) is 13.1 Å². The second-order valence-electron chi connectivity index (χ2n) is 5.68. The molecule has 0 aromatic heterocycles. The maximum Gasteiger partial charge on any atom is 0.326 e. The van der Waals surface area contributed by atoms with E-state index in [9.17, 15) is 14.4 Å². The molecule has 1 atom stereocenters. The lowest BCUT2D eigenvalue weighted by Gasteiger charge is -2.32. The van der Waals surface area contributed by atoms with E-state index in [2.05, 4.69) is 5.32 Å². The van der Waals surface area contributed by atoms with E-state index in [0.29, 0.717) is 32.4 Å². The number of carboxylic acids is 1. The van der Waals surface area contributed by atoms with E-state index in [1.807, 2.05) is 4.90 Å². The van der Waals surface area contributed by atoms with E-state index in [-0.39, 0.29) is 23.7 Å². The van der Waals surface area contributed by atoms with Crippen LogP contribution in [0.2, 0.25) is 0 Å². The summed E-state index contributed by atoms with van der Waals surface area (Å²) in [6, 6.07) is -0.811. The van der Waals surface area contributed by atoms with Crippen LogP contribution in [0.15, 0.2) is 0 Å². The molecule has 1 aliphatic heterocycles. The van der Waals surface area contributed by atoms with Gasteiger partial charge in [-0.25, -0.2) is 4.79 Å². The number of nitrogens with one attached hydrogen (secondary N) is 1. The largest absolute Gasteiger partial charge is 0.480 e. The summed E-state index contributed by atoms with van der Waals surface area (Å²) < 4.78 is 0. The number of rotatable bonds is 5. The lowest BCUT2D eigenvalue weighted by atomic mass is 9.95. The summed E-state index contributed by atoms with van der Waals surface area (Å²) in [6.45, 7) is 2.95. The van der Waals surface area contributed by atoms with Gasteiger partial charge in [0.25, 0.3) is 0 Å². The molecule has 1 saturated carbocycles. The molecule has 6 nitrogen and oxygen atoms in total. The van der Waals surface area contributed by atoms with E-state index in [4.69, 9.17) is 5.11 Å². The molecule has 1 unspecified atom stereocenters. The molecule has 0 spiro atoms. The zero-order valence-corrected chi connectivity index (χ0v) is 11.8. The zero-order chi connectivity index (χ0) is 14.7. The van der Waals surface area contributed by atoms with Gasteiger partial charge in [0.15, 0.2) is 0 Å². The molecule has 1 saturated heterocycles. The van der Waals surface area contributed by atoms with Crippen molar-refractivity contribution < 1.29 is 19.5 Å². The Morgan fingerprint density at radius 2 is 1.75 bits per heavy atom. The number of aliphatic carboxylic acids is 1. The predicted molar refractivity (Wildman–Crippen MR) is 71.9 cm³/mol. The Balaban J connectivity index is 1.79. The molecular formula is C14H22N2O4.